The molecule has 15 heavy (non-hydrogen) atoms. The Hall–Kier alpha value is -1.58. The van der Waals surface area contributed by atoms with E-state index in [9.17, 15) is 9.59 Å². The van der Waals surface area contributed by atoms with Crippen molar-refractivity contribution in [2.24, 2.45) is 0 Å². The zero-order valence-corrected chi connectivity index (χ0v) is 9.06. The summed E-state index contributed by atoms with van der Waals surface area (Å²) in [6, 6.07) is 3.15. The van der Waals surface area contributed by atoms with E-state index in [2.05, 4.69) is 5.32 Å². The van der Waals surface area contributed by atoms with Gasteiger partial charge in [0.25, 0.3) is 0 Å². The lowest BCUT2D eigenvalue weighted by molar-refractivity contribution is -0.121. The molecule has 0 spiro atoms. The third kappa shape index (κ3) is 4.44. The Bertz CT molecular complexity index is 362. The number of nitrogens with zero attached hydrogens (tertiary/aromatic N) is 1. The van der Waals surface area contributed by atoms with E-state index < -0.39 is 0 Å². The second-order valence-electron chi connectivity index (χ2n) is 3.74. The number of nitrogens with one attached hydrogen (secondary N) is 1. The van der Waals surface area contributed by atoms with Crippen LogP contribution in [0.1, 0.15) is 20.3 Å². The minimum atomic E-state index is -0.0159. The first-order chi connectivity index (χ1) is 7.08. The maximum atomic E-state index is 11.3. The summed E-state index contributed by atoms with van der Waals surface area (Å²) in [4.78, 5) is 22.1. The first kappa shape index (κ1) is 11.5. The average molecular weight is 208 g/mol. The van der Waals surface area contributed by atoms with Crippen molar-refractivity contribution in [1.82, 2.24) is 9.88 Å². The largest absolute Gasteiger partial charge is 0.354 e. The summed E-state index contributed by atoms with van der Waals surface area (Å²) in [6.45, 7) is 4.45. The predicted octanol–water partition coefficient (Wildman–Crippen LogP) is 0.763. The number of rotatable bonds is 4. The summed E-state index contributed by atoms with van der Waals surface area (Å²) in [5.74, 6) is 0.0312. The van der Waals surface area contributed by atoms with Gasteiger partial charge >= 0.3 is 0 Å². The fourth-order valence-corrected chi connectivity index (χ4v) is 1.22. The molecule has 1 aromatic heterocycles. The van der Waals surface area contributed by atoms with Crippen LogP contribution in [0.5, 0.6) is 0 Å². The van der Waals surface area contributed by atoms with Crippen molar-refractivity contribution < 1.29 is 4.79 Å². The Balaban J connectivity index is 2.40. The number of carbonyl (C=O) groups excluding carboxylic acids is 1. The number of aryl methyl sites for hydroxylation is 1. The quantitative estimate of drug-likeness (QED) is 0.794. The molecule has 1 N–H and O–H groups in total. The van der Waals surface area contributed by atoms with Crippen molar-refractivity contribution in [1.29, 1.82) is 0 Å². The van der Waals surface area contributed by atoms with Crippen LogP contribution in [0.3, 0.4) is 0 Å². The highest BCUT2D eigenvalue weighted by Crippen LogP contribution is 1.90. The molecule has 0 atom stereocenters. The van der Waals surface area contributed by atoms with Crippen LogP contribution in [0.2, 0.25) is 0 Å². The molecule has 0 aliphatic carbocycles. The van der Waals surface area contributed by atoms with Gasteiger partial charge in [-0.2, -0.15) is 0 Å². The number of amides is 1. The number of carbonyl (C=O) groups is 1. The van der Waals surface area contributed by atoms with Gasteiger partial charge in [0.1, 0.15) is 0 Å². The highest BCUT2D eigenvalue weighted by atomic mass is 16.1. The highest BCUT2D eigenvalue weighted by Gasteiger charge is 2.02. The van der Waals surface area contributed by atoms with Crippen LogP contribution in [-0.4, -0.2) is 16.5 Å². The molecular weight excluding hydrogens is 192 g/mol. The molecule has 0 bridgehead atoms. The van der Waals surface area contributed by atoms with Gasteiger partial charge in [-0.05, 0) is 13.8 Å². The number of aromatic nitrogens is 1. The van der Waals surface area contributed by atoms with Crippen LogP contribution in [0, 0.1) is 0 Å². The van der Waals surface area contributed by atoms with E-state index in [1.165, 1.54) is 12.1 Å². The van der Waals surface area contributed by atoms with Crippen molar-refractivity contribution in [3.8, 4) is 0 Å². The molecule has 1 heterocycles. The molecule has 1 aromatic rings. The van der Waals surface area contributed by atoms with Gasteiger partial charge in [0.05, 0.1) is 0 Å². The maximum absolute atomic E-state index is 11.3. The lowest BCUT2D eigenvalue weighted by Gasteiger charge is -2.09. The predicted molar refractivity (Wildman–Crippen MR) is 58.6 cm³/mol. The van der Waals surface area contributed by atoms with Crippen molar-refractivity contribution in [2.45, 2.75) is 32.9 Å². The van der Waals surface area contributed by atoms with E-state index in [0.717, 1.165) is 0 Å². The van der Waals surface area contributed by atoms with Crippen molar-refractivity contribution in [3.63, 3.8) is 0 Å². The Kier molecular flexibility index (Phi) is 4.09. The van der Waals surface area contributed by atoms with Gasteiger partial charge in [0, 0.05) is 43.5 Å². The molecular formula is C11H16N2O2. The van der Waals surface area contributed by atoms with Gasteiger partial charge in [-0.3, -0.25) is 9.59 Å². The molecule has 0 radical (unpaired) electrons. The molecule has 0 aromatic carbocycles. The minimum absolute atomic E-state index is 0.0159. The molecule has 0 saturated heterocycles. The average Bonchev–Trinajstić information content (AvgIpc) is 2.16. The fourth-order valence-electron chi connectivity index (χ4n) is 1.22. The van der Waals surface area contributed by atoms with Gasteiger partial charge in [-0.15, -0.1) is 0 Å². The van der Waals surface area contributed by atoms with E-state index in [4.69, 9.17) is 0 Å². The molecule has 82 valence electrons. The minimum Gasteiger partial charge on any atom is -0.354 e. The highest BCUT2D eigenvalue weighted by molar-refractivity contribution is 5.76. The zero-order chi connectivity index (χ0) is 11.3. The lowest BCUT2D eigenvalue weighted by Crippen LogP contribution is -2.30. The molecule has 0 saturated carbocycles. The van der Waals surface area contributed by atoms with Gasteiger partial charge in [-0.25, -0.2) is 0 Å². The first-order valence-corrected chi connectivity index (χ1v) is 5.03. The number of hydrogen-bond acceptors (Lipinski definition) is 2. The molecule has 0 unspecified atom stereocenters. The van der Waals surface area contributed by atoms with Gasteiger partial charge in [0.15, 0.2) is 5.43 Å². The van der Waals surface area contributed by atoms with Crippen molar-refractivity contribution in [3.05, 3.63) is 34.7 Å². The zero-order valence-electron chi connectivity index (χ0n) is 9.06. The van der Waals surface area contributed by atoms with Crippen LogP contribution in [0.15, 0.2) is 29.3 Å². The van der Waals surface area contributed by atoms with Crippen molar-refractivity contribution in [2.75, 3.05) is 0 Å². The van der Waals surface area contributed by atoms with Crippen LogP contribution < -0.4 is 10.7 Å². The van der Waals surface area contributed by atoms with E-state index >= 15 is 0 Å². The Morgan fingerprint density at radius 3 is 2.53 bits per heavy atom. The summed E-state index contributed by atoms with van der Waals surface area (Å²) < 4.78 is 1.82. The Morgan fingerprint density at radius 2 is 2.00 bits per heavy atom. The molecule has 0 aliphatic heterocycles. The second kappa shape index (κ2) is 5.34. The molecule has 0 aliphatic rings. The third-order valence-electron chi connectivity index (χ3n) is 1.91. The summed E-state index contributed by atoms with van der Waals surface area (Å²) >= 11 is 0. The lowest BCUT2D eigenvalue weighted by atomic mass is 10.3. The summed E-state index contributed by atoms with van der Waals surface area (Å²) in [5.41, 5.74) is -0.0159. The Morgan fingerprint density at radius 1 is 1.40 bits per heavy atom. The molecule has 1 amide bonds. The van der Waals surface area contributed by atoms with Crippen LogP contribution in [0.4, 0.5) is 0 Å². The molecule has 4 heteroatoms. The summed E-state index contributed by atoms with van der Waals surface area (Å²) in [7, 11) is 0. The van der Waals surface area contributed by atoms with Gasteiger partial charge < -0.3 is 9.88 Å². The molecule has 4 nitrogen and oxygen atoms in total. The topological polar surface area (TPSA) is 51.1 Å². The van der Waals surface area contributed by atoms with Gasteiger partial charge in [0.2, 0.25) is 5.91 Å². The summed E-state index contributed by atoms with van der Waals surface area (Å²) in [6.07, 6.45) is 3.80. The standard InChI is InChI=1S/C11H16N2O2/c1-9(2)12-11(15)5-8-13-6-3-10(14)4-7-13/h3-4,6-7,9H,5,8H2,1-2H3,(H,12,15). The van der Waals surface area contributed by atoms with Crippen molar-refractivity contribution >= 4 is 5.91 Å². The van der Waals surface area contributed by atoms with E-state index in [1.54, 1.807) is 12.4 Å². The fraction of sp³-hybridized carbons (Fsp3) is 0.455. The number of pyridine rings is 1. The third-order valence-corrected chi connectivity index (χ3v) is 1.91. The Labute approximate surface area is 88.9 Å². The normalized spacial score (nSPS) is 10.3. The van der Waals surface area contributed by atoms with E-state index in [0.29, 0.717) is 13.0 Å². The van der Waals surface area contributed by atoms with Gasteiger partial charge in [-0.1, -0.05) is 0 Å². The SMILES string of the molecule is CC(C)NC(=O)CCn1ccc(=O)cc1. The first-order valence-electron chi connectivity index (χ1n) is 5.03. The van der Waals surface area contributed by atoms with Crippen LogP contribution >= 0.6 is 0 Å². The van der Waals surface area contributed by atoms with E-state index in [1.807, 2.05) is 18.4 Å². The van der Waals surface area contributed by atoms with Crippen LogP contribution in [0.25, 0.3) is 0 Å². The summed E-state index contributed by atoms with van der Waals surface area (Å²) in [5, 5.41) is 2.81. The maximum Gasteiger partial charge on any atom is 0.221 e. The van der Waals surface area contributed by atoms with E-state index in [-0.39, 0.29) is 17.4 Å². The number of hydrogen-bond donors (Lipinski definition) is 1. The second-order valence-corrected chi connectivity index (χ2v) is 3.74. The molecule has 0 fully saturated rings. The monoisotopic (exact) mass is 208 g/mol. The smallest absolute Gasteiger partial charge is 0.221 e. The molecule has 1 rings (SSSR count). The van der Waals surface area contributed by atoms with Crippen LogP contribution in [-0.2, 0) is 11.3 Å².